The molecule has 0 spiro atoms. The molecule has 4 heteroatoms. The van der Waals surface area contributed by atoms with Gasteiger partial charge < -0.3 is 14.6 Å². The van der Waals surface area contributed by atoms with Gasteiger partial charge in [0.15, 0.2) is 4.67 Å². The molecular weight excluding hydrogens is 292 g/mol. The number of halogens is 1. The third-order valence-corrected chi connectivity index (χ3v) is 3.23. The summed E-state index contributed by atoms with van der Waals surface area (Å²) in [5.74, 6) is 0.915. The molecule has 0 aliphatic carbocycles. The van der Waals surface area contributed by atoms with Crippen molar-refractivity contribution < 1.29 is 4.42 Å². The highest BCUT2D eigenvalue weighted by Gasteiger charge is 2.03. The summed E-state index contributed by atoms with van der Waals surface area (Å²) in [6, 6.07) is 10.2. The average molecular weight is 309 g/mol. The van der Waals surface area contributed by atoms with Gasteiger partial charge in [0, 0.05) is 25.5 Å². The van der Waals surface area contributed by atoms with Crippen molar-refractivity contribution in [2.45, 2.75) is 13.5 Å². The molecule has 0 unspecified atom stereocenters. The molecule has 1 N–H and O–H groups in total. The Morgan fingerprint density at radius 3 is 2.56 bits per heavy atom. The lowest BCUT2D eigenvalue weighted by atomic mass is 10.1. The van der Waals surface area contributed by atoms with Gasteiger partial charge in [-0.2, -0.15) is 0 Å². The van der Waals surface area contributed by atoms with Crippen LogP contribution >= 0.6 is 15.9 Å². The fourth-order valence-corrected chi connectivity index (χ4v) is 2.09. The predicted octanol–water partition coefficient (Wildman–Crippen LogP) is 4.03. The molecule has 0 aliphatic heterocycles. The summed E-state index contributed by atoms with van der Waals surface area (Å²) < 4.78 is 6.22. The number of rotatable bonds is 4. The van der Waals surface area contributed by atoms with Crippen LogP contribution in [0.2, 0.25) is 0 Å². The van der Waals surface area contributed by atoms with Gasteiger partial charge >= 0.3 is 0 Å². The first-order chi connectivity index (χ1) is 8.56. The van der Waals surface area contributed by atoms with Crippen molar-refractivity contribution in [3.8, 4) is 0 Å². The summed E-state index contributed by atoms with van der Waals surface area (Å²) in [6.07, 6.45) is 0. The van der Waals surface area contributed by atoms with Crippen molar-refractivity contribution in [2.75, 3.05) is 24.3 Å². The quantitative estimate of drug-likeness (QED) is 0.924. The van der Waals surface area contributed by atoms with Crippen molar-refractivity contribution in [2.24, 2.45) is 0 Å². The van der Waals surface area contributed by atoms with E-state index in [4.69, 9.17) is 4.42 Å². The normalized spacial score (nSPS) is 10.4. The SMILES string of the molecule is Cc1cc(N(C)C)ccc1NCc1ccc(Br)o1. The highest BCUT2D eigenvalue weighted by atomic mass is 79.9. The Kier molecular flexibility index (Phi) is 3.97. The van der Waals surface area contributed by atoms with Crippen LogP contribution in [0.3, 0.4) is 0 Å². The molecular formula is C14H17BrN2O. The lowest BCUT2D eigenvalue weighted by molar-refractivity contribution is 0.495. The van der Waals surface area contributed by atoms with E-state index in [2.05, 4.69) is 51.3 Å². The molecule has 0 atom stereocenters. The van der Waals surface area contributed by atoms with E-state index in [1.165, 1.54) is 11.3 Å². The number of benzene rings is 1. The largest absolute Gasteiger partial charge is 0.452 e. The highest BCUT2D eigenvalue weighted by Crippen LogP contribution is 2.22. The van der Waals surface area contributed by atoms with Crippen LogP contribution in [0.1, 0.15) is 11.3 Å². The molecule has 0 aliphatic rings. The first kappa shape index (κ1) is 13.0. The number of hydrogen-bond donors (Lipinski definition) is 1. The Balaban J connectivity index is 2.05. The molecule has 0 radical (unpaired) electrons. The Bertz CT molecular complexity index is 534. The molecule has 0 bridgehead atoms. The number of nitrogens with zero attached hydrogens (tertiary/aromatic N) is 1. The van der Waals surface area contributed by atoms with E-state index in [0.29, 0.717) is 6.54 Å². The molecule has 1 aromatic carbocycles. The number of nitrogens with one attached hydrogen (secondary N) is 1. The van der Waals surface area contributed by atoms with Crippen molar-refractivity contribution in [1.82, 2.24) is 0 Å². The zero-order valence-corrected chi connectivity index (χ0v) is 12.4. The Morgan fingerprint density at radius 1 is 1.22 bits per heavy atom. The Hall–Kier alpha value is -1.42. The minimum absolute atomic E-state index is 0.688. The number of hydrogen-bond acceptors (Lipinski definition) is 3. The molecule has 1 aromatic heterocycles. The molecule has 3 nitrogen and oxygen atoms in total. The van der Waals surface area contributed by atoms with Crippen LogP contribution in [-0.4, -0.2) is 14.1 Å². The fourth-order valence-electron chi connectivity index (χ4n) is 1.75. The number of furan rings is 1. The van der Waals surface area contributed by atoms with Gasteiger partial charge in [-0.05, 0) is 58.7 Å². The molecule has 96 valence electrons. The lowest BCUT2D eigenvalue weighted by Gasteiger charge is -2.15. The maximum Gasteiger partial charge on any atom is 0.169 e. The van der Waals surface area contributed by atoms with Crippen LogP contribution in [-0.2, 0) is 6.54 Å². The Morgan fingerprint density at radius 2 is 2.00 bits per heavy atom. The summed E-state index contributed by atoms with van der Waals surface area (Å²) in [6.45, 7) is 2.79. The second-order valence-electron chi connectivity index (χ2n) is 4.45. The Labute approximate surface area is 116 Å². The van der Waals surface area contributed by atoms with E-state index in [-0.39, 0.29) is 0 Å². The van der Waals surface area contributed by atoms with Gasteiger partial charge in [-0.3, -0.25) is 0 Å². The summed E-state index contributed by atoms with van der Waals surface area (Å²) in [4.78, 5) is 2.10. The monoisotopic (exact) mass is 308 g/mol. The maximum absolute atomic E-state index is 5.45. The first-order valence-electron chi connectivity index (χ1n) is 5.82. The first-order valence-corrected chi connectivity index (χ1v) is 6.61. The smallest absolute Gasteiger partial charge is 0.169 e. The molecule has 2 aromatic rings. The second-order valence-corrected chi connectivity index (χ2v) is 5.23. The summed E-state index contributed by atoms with van der Waals surface area (Å²) in [5, 5.41) is 3.38. The molecule has 2 rings (SSSR count). The lowest BCUT2D eigenvalue weighted by Crippen LogP contribution is -2.09. The van der Waals surface area contributed by atoms with Crippen LogP contribution in [0, 0.1) is 6.92 Å². The van der Waals surface area contributed by atoms with Crippen LogP contribution in [0.25, 0.3) is 0 Å². The number of anilines is 2. The third kappa shape index (κ3) is 3.07. The van der Waals surface area contributed by atoms with Crippen molar-refractivity contribution in [3.63, 3.8) is 0 Å². The molecule has 0 saturated carbocycles. The van der Waals surface area contributed by atoms with Crippen LogP contribution < -0.4 is 10.2 Å². The average Bonchev–Trinajstić information content (AvgIpc) is 2.73. The molecule has 1 heterocycles. The van der Waals surface area contributed by atoms with E-state index in [0.717, 1.165) is 16.1 Å². The van der Waals surface area contributed by atoms with Crippen LogP contribution in [0.15, 0.2) is 39.4 Å². The van der Waals surface area contributed by atoms with Gasteiger partial charge in [0.1, 0.15) is 5.76 Å². The summed E-state index contributed by atoms with van der Waals surface area (Å²) in [7, 11) is 4.09. The zero-order chi connectivity index (χ0) is 13.1. The van der Waals surface area contributed by atoms with Gasteiger partial charge in [0.05, 0.1) is 6.54 Å². The molecule has 0 amide bonds. The number of aryl methyl sites for hydroxylation is 1. The van der Waals surface area contributed by atoms with Gasteiger partial charge in [-0.15, -0.1) is 0 Å². The van der Waals surface area contributed by atoms with E-state index in [1.54, 1.807) is 0 Å². The van der Waals surface area contributed by atoms with E-state index in [9.17, 15) is 0 Å². The van der Waals surface area contributed by atoms with Gasteiger partial charge in [-0.25, -0.2) is 0 Å². The van der Waals surface area contributed by atoms with Gasteiger partial charge in [0.25, 0.3) is 0 Å². The van der Waals surface area contributed by atoms with E-state index >= 15 is 0 Å². The van der Waals surface area contributed by atoms with Gasteiger partial charge in [-0.1, -0.05) is 0 Å². The van der Waals surface area contributed by atoms with Crippen molar-refractivity contribution in [3.05, 3.63) is 46.3 Å². The topological polar surface area (TPSA) is 28.4 Å². The van der Waals surface area contributed by atoms with Crippen LogP contribution in [0.4, 0.5) is 11.4 Å². The van der Waals surface area contributed by atoms with Crippen LogP contribution in [0.5, 0.6) is 0 Å². The van der Waals surface area contributed by atoms with E-state index in [1.807, 2.05) is 26.2 Å². The maximum atomic E-state index is 5.45. The van der Waals surface area contributed by atoms with Crippen molar-refractivity contribution >= 4 is 27.3 Å². The highest BCUT2D eigenvalue weighted by molar-refractivity contribution is 9.10. The molecule has 18 heavy (non-hydrogen) atoms. The zero-order valence-electron chi connectivity index (χ0n) is 10.8. The molecule has 0 saturated heterocycles. The minimum atomic E-state index is 0.688. The predicted molar refractivity (Wildman–Crippen MR) is 79.2 cm³/mol. The van der Waals surface area contributed by atoms with E-state index < -0.39 is 0 Å². The minimum Gasteiger partial charge on any atom is -0.452 e. The summed E-state index contributed by atoms with van der Waals surface area (Å²) in [5.41, 5.74) is 3.57. The standard InChI is InChI=1S/C14H17BrN2O/c1-10-8-11(17(2)3)4-6-13(10)16-9-12-5-7-14(15)18-12/h4-8,16H,9H2,1-3H3. The third-order valence-electron chi connectivity index (χ3n) is 2.81. The second kappa shape index (κ2) is 5.48. The molecule has 0 fully saturated rings. The van der Waals surface area contributed by atoms with Gasteiger partial charge in [0.2, 0.25) is 0 Å². The summed E-state index contributed by atoms with van der Waals surface area (Å²) >= 11 is 3.30. The fraction of sp³-hybridized carbons (Fsp3) is 0.286. The van der Waals surface area contributed by atoms with Crippen molar-refractivity contribution in [1.29, 1.82) is 0 Å².